The second kappa shape index (κ2) is 8.28. The van der Waals surface area contributed by atoms with Gasteiger partial charge in [-0.2, -0.15) is 5.10 Å². The fraction of sp³-hybridized carbons (Fsp3) is 0.208. The lowest BCUT2D eigenvalue weighted by Gasteiger charge is -2.12. The van der Waals surface area contributed by atoms with Gasteiger partial charge < -0.3 is 5.32 Å². The van der Waals surface area contributed by atoms with Crippen molar-refractivity contribution in [3.8, 4) is 11.1 Å². The lowest BCUT2D eigenvalue weighted by molar-refractivity contribution is -0.116. The van der Waals surface area contributed by atoms with Crippen LogP contribution in [-0.2, 0) is 11.2 Å². The van der Waals surface area contributed by atoms with E-state index in [1.165, 1.54) is 0 Å². The van der Waals surface area contributed by atoms with Crippen molar-refractivity contribution in [3.05, 3.63) is 82.3 Å². The van der Waals surface area contributed by atoms with Gasteiger partial charge in [-0.1, -0.05) is 41.9 Å². The predicted molar refractivity (Wildman–Crippen MR) is 121 cm³/mol. The van der Waals surface area contributed by atoms with E-state index in [1.807, 2.05) is 43.5 Å². The van der Waals surface area contributed by atoms with E-state index in [1.54, 1.807) is 24.3 Å². The summed E-state index contributed by atoms with van der Waals surface area (Å²) in [6, 6.07) is 17.3. The van der Waals surface area contributed by atoms with Gasteiger partial charge in [-0.3, -0.25) is 4.79 Å². The maximum absolute atomic E-state index is 12.4. The van der Waals surface area contributed by atoms with Gasteiger partial charge >= 0.3 is 0 Å². The molecule has 0 bridgehead atoms. The molecule has 0 aliphatic heterocycles. The van der Waals surface area contributed by atoms with Gasteiger partial charge in [0.1, 0.15) is 0 Å². The number of rotatable bonds is 5. The van der Waals surface area contributed by atoms with E-state index in [4.69, 9.17) is 21.7 Å². The number of halogens is 1. The molecule has 4 rings (SSSR count). The Labute approximate surface area is 180 Å². The van der Waals surface area contributed by atoms with Crippen molar-refractivity contribution in [1.82, 2.24) is 14.6 Å². The molecule has 0 fully saturated rings. The van der Waals surface area contributed by atoms with E-state index in [0.29, 0.717) is 17.9 Å². The zero-order valence-corrected chi connectivity index (χ0v) is 18.0. The van der Waals surface area contributed by atoms with Crippen LogP contribution in [0.3, 0.4) is 0 Å². The molecule has 2 aromatic heterocycles. The summed E-state index contributed by atoms with van der Waals surface area (Å²) < 4.78 is 1.90. The van der Waals surface area contributed by atoms with Crippen molar-refractivity contribution in [3.63, 3.8) is 0 Å². The molecule has 0 atom stereocenters. The molecular formula is C24H23ClN4O. The average molecular weight is 419 g/mol. The minimum absolute atomic E-state index is 0.0437. The number of carbonyl (C=O) groups excluding carboxylic acids is 1. The Morgan fingerprint density at radius 2 is 1.70 bits per heavy atom. The van der Waals surface area contributed by atoms with Crippen LogP contribution in [0.1, 0.15) is 29.1 Å². The quantitative estimate of drug-likeness (QED) is 0.462. The van der Waals surface area contributed by atoms with Gasteiger partial charge in [0.25, 0.3) is 0 Å². The molecule has 1 amide bonds. The highest BCUT2D eigenvalue weighted by atomic mass is 35.5. The van der Waals surface area contributed by atoms with Crippen molar-refractivity contribution >= 4 is 28.8 Å². The Morgan fingerprint density at radius 1 is 1.00 bits per heavy atom. The molecule has 4 aromatic rings. The lowest BCUT2D eigenvalue weighted by Crippen LogP contribution is -2.14. The third kappa shape index (κ3) is 3.94. The fourth-order valence-electron chi connectivity index (χ4n) is 3.77. The number of hydrogen-bond donors (Lipinski definition) is 1. The molecule has 0 unspecified atom stereocenters. The van der Waals surface area contributed by atoms with Crippen LogP contribution in [0.4, 0.5) is 5.69 Å². The topological polar surface area (TPSA) is 59.3 Å². The van der Waals surface area contributed by atoms with E-state index in [0.717, 1.165) is 45.1 Å². The summed E-state index contributed by atoms with van der Waals surface area (Å²) in [5, 5.41) is 8.29. The molecule has 0 aliphatic carbocycles. The molecule has 152 valence electrons. The van der Waals surface area contributed by atoms with E-state index in [2.05, 4.69) is 17.4 Å². The molecule has 1 N–H and O–H groups in total. The molecule has 2 aromatic carbocycles. The fourth-order valence-corrected chi connectivity index (χ4v) is 3.89. The highest BCUT2D eigenvalue weighted by Crippen LogP contribution is 2.29. The number of nitrogens with one attached hydrogen (secondary N) is 1. The maximum atomic E-state index is 12.4. The van der Waals surface area contributed by atoms with Gasteiger partial charge in [0.05, 0.1) is 5.69 Å². The summed E-state index contributed by atoms with van der Waals surface area (Å²) in [6.07, 6.45) is 0.961. The molecule has 2 heterocycles. The summed E-state index contributed by atoms with van der Waals surface area (Å²) in [5.74, 6) is -0.0437. The molecule has 6 heteroatoms. The number of hydrogen-bond acceptors (Lipinski definition) is 3. The molecule has 0 saturated carbocycles. The smallest absolute Gasteiger partial charge is 0.224 e. The Hall–Kier alpha value is -3.18. The van der Waals surface area contributed by atoms with E-state index in [9.17, 15) is 4.79 Å². The summed E-state index contributed by atoms with van der Waals surface area (Å²) >= 11 is 5.90. The zero-order chi connectivity index (χ0) is 21.3. The first-order chi connectivity index (χ1) is 14.4. The Morgan fingerprint density at radius 3 is 2.40 bits per heavy atom. The van der Waals surface area contributed by atoms with E-state index >= 15 is 0 Å². The molecule has 5 nitrogen and oxygen atoms in total. The lowest BCUT2D eigenvalue weighted by atomic mass is 10.0. The number of benzene rings is 2. The van der Waals surface area contributed by atoms with Crippen molar-refractivity contribution in [2.24, 2.45) is 0 Å². The highest BCUT2D eigenvalue weighted by Gasteiger charge is 2.18. The molecule has 30 heavy (non-hydrogen) atoms. The largest absolute Gasteiger partial charge is 0.326 e. The summed E-state index contributed by atoms with van der Waals surface area (Å²) in [4.78, 5) is 17.3. The maximum Gasteiger partial charge on any atom is 0.224 e. The van der Waals surface area contributed by atoms with E-state index < -0.39 is 0 Å². The second-order valence-electron chi connectivity index (χ2n) is 7.38. The third-order valence-electron chi connectivity index (χ3n) is 5.29. The van der Waals surface area contributed by atoms with Crippen LogP contribution in [0.15, 0.2) is 54.6 Å². The van der Waals surface area contributed by atoms with Crippen molar-refractivity contribution < 1.29 is 4.79 Å². The number of amides is 1. The van der Waals surface area contributed by atoms with Crippen LogP contribution >= 0.6 is 11.6 Å². The zero-order valence-electron chi connectivity index (χ0n) is 17.2. The highest BCUT2D eigenvalue weighted by molar-refractivity contribution is 6.30. The summed E-state index contributed by atoms with van der Waals surface area (Å²) in [6.45, 7) is 6.04. The minimum Gasteiger partial charge on any atom is -0.326 e. The predicted octanol–water partition coefficient (Wildman–Crippen LogP) is 5.55. The normalized spacial score (nSPS) is 11.1. The molecule has 0 radical (unpaired) electrons. The second-order valence-corrected chi connectivity index (χ2v) is 7.81. The van der Waals surface area contributed by atoms with Crippen LogP contribution < -0.4 is 5.32 Å². The first-order valence-electron chi connectivity index (χ1n) is 9.90. The van der Waals surface area contributed by atoms with Gasteiger partial charge in [0.2, 0.25) is 5.91 Å². The monoisotopic (exact) mass is 418 g/mol. The number of fused-ring (bicyclic) bond motifs is 1. The third-order valence-corrected chi connectivity index (χ3v) is 5.55. The van der Waals surface area contributed by atoms with Crippen LogP contribution in [0.25, 0.3) is 16.8 Å². The van der Waals surface area contributed by atoms with Crippen molar-refractivity contribution in [2.45, 2.75) is 33.6 Å². The van der Waals surface area contributed by atoms with Gasteiger partial charge in [-0.15, -0.1) is 0 Å². The van der Waals surface area contributed by atoms with Gasteiger partial charge in [-0.25, -0.2) is 9.50 Å². The van der Waals surface area contributed by atoms with Gasteiger partial charge in [-0.05, 0) is 62.6 Å². The van der Waals surface area contributed by atoms with Crippen molar-refractivity contribution in [2.75, 3.05) is 5.32 Å². The van der Waals surface area contributed by atoms with Gasteiger partial charge in [0, 0.05) is 34.1 Å². The number of aryl methyl sites for hydroxylation is 3. The van der Waals surface area contributed by atoms with Crippen LogP contribution in [0.5, 0.6) is 0 Å². The molecule has 0 saturated heterocycles. The summed E-state index contributed by atoms with van der Waals surface area (Å²) in [5.41, 5.74) is 7.67. The Bertz CT molecular complexity index is 1210. The van der Waals surface area contributed by atoms with Crippen molar-refractivity contribution in [1.29, 1.82) is 0 Å². The molecule has 0 spiro atoms. The number of nitrogens with zero attached hydrogens (tertiary/aromatic N) is 3. The average Bonchev–Trinajstić information content (AvgIpc) is 3.06. The first-order valence-corrected chi connectivity index (χ1v) is 10.3. The first kappa shape index (κ1) is 20.1. The van der Waals surface area contributed by atoms with Crippen LogP contribution in [-0.4, -0.2) is 20.5 Å². The number of carbonyl (C=O) groups is 1. The van der Waals surface area contributed by atoms with Gasteiger partial charge in [0.15, 0.2) is 5.65 Å². The Balaban J connectivity index is 1.59. The minimum atomic E-state index is -0.0437. The van der Waals surface area contributed by atoms with Crippen LogP contribution in [0, 0.1) is 20.8 Å². The Kier molecular flexibility index (Phi) is 5.55. The molecule has 0 aliphatic rings. The number of aromatic nitrogens is 3. The van der Waals surface area contributed by atoms with Crippen LogP contribution in [0.2, 0.25) is 5.02 Å². The van der Waals surface area contributed by atoms with E-state index in [-0.39, 0.29) is 5.91 Å². The molecular weight excluding hydrogens is 396 g/mol. The SMILES string of the molecule is Cc1nc2c(-c3ccccc3)c(C)nn2c(C)c1CCC(=O)Nc1ccc(Cl)cc1. The number of anilines is 1. The summed E-state index contributed by atoms with van der Waals surface area (Å²) in [7, 11) is 0. The standard InChI is InChI=1S/C24H23ClN4O/c1-15-21(13-14-22(30)27-20-11-9-19(25)10-12-20)17(3)29-24(26-15)23(16(2)28-29)18-7-5-4-6-8-18/h4-12H,13-14H2,1-3H3,(H,27,30).